The van der Waals surface area contributed by atoms with Crippen LogP contribution in [0.4, 0.5) is 0 Å². The maximum Gasteiger partial charge on any atom is 0.305 e. The summed E-state index contributed by atoms with van der Waals surface area (Å²) in [5.41, 5.74) is 1.31. The number of aromatic nitrogens is 1. The zero-order chi connectivity index (χ0) is 13.2. The van der Waals surface area contributed by atoms with Crippen LogP contribution in [0, 0.1) is 0 Å². The third-order valence-electron chi connectivity index (χ3n) is 2.80. The molecule has 1 aromatic heterocycles. The molecule has 0 saturated carbocycles. The monoisotopic (exact) mass is 252 g/mol. The van der Waals surface area contributed by atoms with Crippen LogP contribution in [0.2, 0.25) is 0 Å². The number of carbonyl (C=O) groups excluding carboxylic acids is 1. The van der Waals surface area contributed by atoms with Crippen LogP contribution in [0.25, 0.3) is 0 Å². The van der Waals surface area contributed by atoms with Gasteiger partial charge >= 0.3 is 5.97 Å². The average Bonchev–Trinajstić information content (AvgIpc) is 2.77. The minimum absolute atomic E-state index is 0.0743. The van der Waals surface area contributed by atoms with Crippen LogP contribution in [0.15, 0.2) is 18.5 Å². The van der Waals surface area contributed by atoms with Crippen LogP contribution in [0.1, 0.15) is 38.2 Å². The Morgan fingerprint density at radius 2 is 2.22 bits per heavy atom. The van der Waals surface area contributed by atoms with Crippen molar-refractivity contribution in [2.24, 2.45) is 0 Å². The summed E-state index contributed by atoms with van der Waals surface area (Å²) < 4.78 is 7.09. The van der Waals surface area contributed by atoms with Gasteiger partial charge in [-0.25, -0.2) is 0 Å². The quantitative estimate of drug-likeness (QED) is 0.542. The second-order valence-corrected chi connectivity index (χ2v) is 4.40. The van der Waals surface area contributed by atoms with Crippen LogP contribution in [0.3, 0.4) is 0 Å². The summed E-state index contributed by atoms with van der Waals surface area (Å²) in [5, 5.41) is 3.13. The standard InChI is InChI=1S/C14H24N2O2/c1-3-18-14(17)7-5-4-6-9-16-10-8-13(12-16)11-15-2/h8,10,12,15H,3-7,9,11H2,1-2H3. The molecule has 1 N–H and O–H groups in total. The van der Waals surface area contributed by atoms with E-state index in [1.54, 1.807) is 0 Å². The molecule has 0 saturated heterocycles. The second-order valence-electron chi connectivity index (χ2n) is 4.40. The summed E-state index contributed by atoms with van der Waals surface area (Å²) in [4.78, 5) is 11.1. The third-order valence-corrected chi connectivity index (χ3v) is 2.80. The highest BCUT2D eigenvalue weighted by molar-refractivity contribution is 5.69. The number of unbranched alkanes of at least 4 members (excludes halogenated alkanes) is 2. The lowest BCUT2D eigenvalue weighted by Gasteiger charge is -2.03. The van der Waals surface area contributed by atoms with Crippen molar-refractivity contribution in [3.63, 3.8) is 0 Å². The second kappa shape index (κ2) is 8.75. The first-order chi connectivity index (χ1) is 8.76. The highest BCUT2D eigenvalue weighted by Crippen LogP contribution is 2.06. The number of esters is 1. The molecule has 0 aromatic carbocycles. The smallest absolute Gasteiger partial charge is 0.305 e. The number of hydrogen-bond donors (Lipinski definition) is 1. The van der Waals surface area contributed by atoms with Crippen molar-refractivity contribution in [1.82, 2.24) is 9.88 Å². The number of nitrogens with zero attached hydrogens (tertiary/aromatic N) is 1. The van der Waals surface area contributed by atoms with Gasteiger partial charge in [0.05, 0.1) is 6.61 Å². The number of aryl methyl sites for hydroxylation is 1. The van der Waals surface area contributed by atoms with Crippen LogP contribution in [-0.4, -0.2) is 24.2 Å². The molecule has 18 heavy (non-hydrogen) atoms. The minimum atomic E-state index is -0.0743. The first-order valence-corrected chi connectivity index (χ1v) is 6.71. The normalized spacial score (nSPS) is 10.6. The van der Waals surface area contributed by atoms with E-state index in [1.165, 1.54) is 5.56 Å². The first kappa shape index (κ1) is 14.8. The highest BCUT2D eigenvalue weighted by Gasteiger charge is 2.01. The summed E-state index contributed by atoms with van der Waals surface area (Å²) >= 11 is 0. The molecular weight excluding hydrogens is 228 g/mol. The van der Waals surface area contributed by atoms with E-state index in [0.29, 0.717) is 13.0 Å². The molecule has 0 atom stereocenters. The Labute approximate surface area is 109 Å². The van der Waals surface area contributed by atoms with Crippen molar-refractivity contribution in [3.8, 4) is 0 Å². The lowest BCUT2D eigenvalue weighted by Crippen LogP contribution is -2.04. The lowest BCUT2D eigenvalue weighted by molar-refractivity contribution is -0.143. The molecule has 0 aliphatic rings. The van der Waals surface area contributed by atoms with Crippen LogP contribution < -0.4 is 5.32 Å². The van der Waals surface area contributed by atoms with Gasteiger partial charge in [-0.3, -0.25) is 4.79 Å². The van der Waals surface area contributed by atoms with Crippen molar-refractivity contribution in [2.75, 3.05) is 13.7 Å². The fraction of sp³-hybridized carbons (Fsp3) is 0.643. The average molecular weight is 252 g/mol. The topological polar surface area (TPSA) is 43.3 Å². The molecule has 0 aliphatic carbocycles. The molecule has 1 rings (SSSR count). The van der Waals surface area contributed by atoms with E-state index < -0.39 is 0 Å². The van der Waals surface area contributed by atoms with E-state index in [1.807, 2.05) is 14.0 Å². The molecule has 0 aliphatic heterocycles. The van der Waals surface area contributed by atoms with Crippen molar-refractivity contribution in [1.29, 1.82) is 0 Å². The Kier molecular flexibility index (Phi) is 7.18. The van der Waals surface area contributed by atoms with Crippen molar-refractivity contribution < 1.29 is 9.53 Å². The Balaban J connectivity index is 2.08. The van der Waals surface area contributed by atoms with Gasteiger partial charge in [-0.1, -0.05) is 6.42 Å². The third kappa shape index (κ3) is 5.87. The van der Waals surface area contributed by atoms with Gasteiger partial charge in [0.2, 0.25) is 0 Å². The maximum absolute atomic E-state index is 11.1. The summed E-state index contributed by atoms with van der Waals surface area (Å²) in [6, 6.07) is 2.13. The molecule has 0 unspecified atom stereocenters. The van der Waals surface area contributed by atoms with Gasteiger partial charge in [0.15, 0.2) is 0 Å². The van der Waals surface area contributed by atoms with Gasteiger partial charge in [0.25, 0.3) is 0 Å². The predicted molar refractivity (Wildman–Crippen MR) is 72.3 cm³/mol. The fourth-order valence-electron chi connectivity index (χ4n) is 1.91. The van der Waals surface area contributed by atoms with E-state index in [0.717, 1.165) is 32.4 Å². The molecule has 4 nitrogen and oxygen atoms in total. The van der Waals surface area contributed by atoms with Crippen molar-refractivity contribution in [3.05, 3.63) is 24.0 Å². The zero-order valence-corrected chi connectivity index (χ0v) is 11.4. The fourth-order valence-corrected chi connectivity index (χ4v) is 1.91. The summed E-state index contributed by atoms with van der Waals surface area (Å²) in [6.45, 7) is 4.26. The van der Waals surface area contributed by atoms with E-state index in [4.69, 9.17) is 4.74 Å². The van der Waals surface area contributed by atoms with E-state index in [2.05, 4.69) is 28.3 Å². The molecule has 1 heterocycles. The SMILES string of the molecule is CCOC(=O)CCCCCn1ccc(CNC)c1. The van der Waals surface area contributed by atoms with E-state index >= 15 is 0 Å². The molecule has 1 aromatic rings. The molecule has 102 valence electrons. The van der Waals surface area contributed by atoms with E-state index in [9.17, 15) is 4.79 Å². The first-order valence-electron chi connectivity index (χ1n) is 6.71. The summed E-state index contributed by atoms with van der Waals surface area (Å²) in [7, 11) is 1.95. The lowest BCUT2D eigenvalue weighted by atomic mass is 10.2. The molecule has 0 radical (unpaired) electrons. The molecule has 0 amide bonds. The minimum Gasteiger partial charge on any atom is -0.466 e. The van der Waals surface area contributed by atoms with Crippen LogP contribution in [-0.2, 0) is 22.6 Å². The molecule has 4 heteroatoms. The van der Waals surface area contributed by atoms with Gasteiger partial charge in [-0.05, 0) is 38.4 Å². The largest absolute Gasteiger partial charge is 0.466 e. The van der Waals surface area contributed by atoms with Gasteiger partial charge in [0, 0.05) is 31.9 Å². The Bertz CT molecular complexity index is 347. The summed E-state index contributed by atoms with van der Waals surface area (Å²) in [5.74, 6) is -0.0743. The number of rotatable bonds is 9. The van der Waals surface area contributed by atoms with Crippen LogP contribution in [0.5, 0.6) is 0 Å². The van der Waals surface area contributed by atoms with Crippen molar-refractivity contribution in [2.45, 2.75) is 45.7 Å². The van der Waals surface area contributed by atoms with Gasteiger partial charge in [0.1, 0.15) is 0 Å². The number of nitrogens with one attached hydrogen (secondary N) is 1. The Hall–Kier alpha value is -1.29. The maximum atomic E-state index is 11.1. The molecule has 0 spiro atoms. The van der Waals surface area contributed by atoms with Gasteiger partial charge in [-0.2, -0.15) is 0 Å². The predicted octanol–water partition coefficient (Wildman–Crippen LogP) is 2.33. The highest BCUT2D eigenvalue weighted by atomic mass is 16.5. The summed E-state index contributed by atoms with van der Waals surface area (Å²) in [6.07, 6.45) is 7.92. The number of hydrogen-bond acceptors (Lipinski definition) is 3. The number of ether oxygens (including phenoxy) is 1. The molecule has 0 bridgehead atoms. The molecule has 0 fully saturated rings. The zero-order valence-electron chi connectivity index (χ0n) is 11.4. The van der Waals surface area contributed by atoms with Crippen LogP contribution >= 0.6 is 0 Å². The van der Waals surface area contributed by atoms with Crippen molar-refractivity contribution >= 4 is 5.97 Å². The number of carbonyl (C=O) groups is 1. The van der Waals surface area contributed by atoms with E-state index in [-0.39, 0.29) is 5.97 Å². The Morgan fingerprint density at radius 3 is 2.94 bits per heavy atom. The molecular formula is C14H24N2O2. The van der Waals surface area contributed by atoms with Gasteiger partial charge in [-0.15, -0.1) is 0 Å². The van der Waals surface area contributed by atoms with Gasteiger partial charge < -0.3 is 14.6 Å². The Morgan fingerprint density at radius 1 is 1.39 bits per heavy atom.